The molecule has 0 aliphatic heterocycles. The summed E-state index contributed by atoms with van der Waals surface area (Å²) >= 11 is 0. The Morgan fingerprint density at radius 1 is 0.788 bits per heavy atom. The Kier molecular flexibility index (Phi) is 11.3. The number of alkyl carbamates (subject to hydrolysis) is 1. The predicted molar refractivity (Wildman–Crippen MR) is 203 cm³/mol. The molecule has 2 heterocycles. The van der Waals surface area contributed by atoms with Crippen molar-refractivity contribution in [1.82, 2.24) is 35.5 Å². The van der Waals surface area contributed by atoms with E-state index >= 15 is 0 Å². The number of methoxy groups -OCH3 is 2. The van der Waals surface area contributed by atoms with Crippen LogP contribution in [-0.4, -0.2) is 64.1 Å². The number of imidazole rings is 2. The minimum Gasteiger partial charge on any atom is -0.483 e. The number of nitrogens with one attached hydrogen (secondary N) is 4. The monoisotopic (exact) mass is 697 g/mol. The second kappa shape index (κ2) is 16.6. The van der Waals surface area contributed by atoms with Gasteiger partial charge in [-0.25, -0.2) is 14.8 Å². The van der Waals surface area contributed by atoms with E-state index in [-0.39, 0.29) is 18.5 Å². The number of aromatic nitrogens is 4. The molecule has 2 amide bonds. The van der Waals surface area contributed by atoms with Crippen molar-refractivity contribution in [2.24, 2.45) is 0 Å². The second-order valence-corrected chi connectivity index (χ2v) is 12.4. The fourth-order valence-electron chi connectivity index (χ4n) is 6.07. The number of H-pyrrole nitrogens is 2. The highest BCUT2D eigenvalue weighted by Crippen LogP contribution is 2.30. The molecule has 52 heavy (non-hydrogen) atoms. The van der Waals surface area contributed by atoms with Crippen molar-refractivity contribution in [1.29, 1.82) is 0 Å². The van der Waals surface area contributed by atoms with E-state index in [2.05, 4.69) is 97.8 Å². The van der Waals surface area contributed by atoms with Gasteiger partial charge in [-0.2, -0.15) is 0 Å². The number of amides is 2. The van der Waals surface area contributed by atoms with Crippen LogP contribution in [0.5, 0.6) is 0 Å². The van der Waals surface area contributed by atoms with Crippen LogP contribution in [0.25, 0.3) is 44.4 Å². The molecular weight excluding hydrogens is 654 g/mol. The number of aromatic amines is 2. The molecular formula is C41H43N7O4. The molecule has 4 aromatic carbocycles. The molecule has 6 rings (SSSR count). The summed E-state index contributed by atoms with van der Waals surface area (Å²) in [6.45, 7) is 6.86. The molecule has 11 heteroatoms. The lowest BCUT2D eigenvalue weighted by molar-refractivity contribution is -0.131. The summed E-state index contributed by atoms with van der Waals surface area (Å²) in [5, 5.41) is 8.04. The van der Waals surface area contributed by atoms with Gasteiger partial charge in [-0.15, -0.1) is 0 Å². The zero-order chi connectivity index (χ0) is 36.5. The van der Waals surface area contributed by atoms with Gasteiger partial charge < -0.3 is 35.0 Å². The predicted octanol–water partition coefficient (Wildman–Crippen LogP) is 7.37. The third kappa shape index (κ3) is 8.67. The number of hydrogen-bond donors (Lipinski definition) is 4. The summed E-state index contributed by atoms with van der Waals surface area (Å²) in [7, 11) is 2.87. The molecule has 0 aliphatic rings. The number of carbonyl (C=O) groups excluding carboxylic acids is 2. The smallest absolute Gasteiger partial charge is 0.407 e. The maximum absolute atomic E-state index is 12.8. The van der Waals surface area contributed by atoms with E-state index in [1.54, 1.807) is 11.1 Å². The van der Waals surface area contributed by atoms with Gasteiger partial charge in [0.2, 0.25) is 5.91 Å². The zero-order valence-corrected chi connectivity index (χ0v) is 29.6. The van der Waals surface area contributed by atoms with Gasteiger partial charge in [-0.05, 0) is 58.2 Å². The highest BCUT2D eigenvalue weighted by atomic mass is 16.5. The molecule has 0 unspecified atom stereocenters. The fourth-order valence-corrected chi connectivity index (χ4v) is 6.07. The number of benzene rings is 4. The molecule has 11 nitrogen and oxygen atoms in total. The van der Waals surface area contributed by atoms with Gasteiger partial charge in [0.05, 0.1) is 57.1 Å². The Morgan fingerprint density at radius 2 is 1.40 bits per heavy atom. The molecule has 0 bridgehead atoms. The van der Waals surface area contributed by atoms with E-state index in [4.69, 9.17) is 9.47 Å². The van der Waals surface area contributed by atoms with Crippen molar-refractivity contribution < 1.29 is 19.1 Å². The Labute approximate surface area is 303 Å². The first-order valence-electron chi connectivity index (χ1n) is 17.2. The Hall–Kier alpha value is -6.36. The summed E-state index contributed by atoms with van der Waals surface area (Å²) in [6.07, 6.45) is 4.47. The maximum atomic E-state index is 12.8. The van der Waals surface area contributed by atoms with E-state index < -0.39 is 6.09 Å². The lowest BCUT2D eigenvalue weighted by Crippen LogP contribution is -2.38. The number of carbonyl (C=O) groups is 2. The number of fused-ring (bicyclic) bond motifs is 1. The van der Waals surface area contributed by atoms with Gasteiger partial charge >= 0.3 is 6.09 Å². The van der Waals surface area contributed by atoms with Crippen molar-refractivity contribution in [3.05, 3.63) is 133 Å². The lowest BCUT2D eigenvalue weighted by Gasteiger charge is -2.21. The molecule has 0 spiro atoms. The number of rotatable bonds is 15. The SMILES string of the molecule is C=C(NCC(=O)N(CCC)Cc1ncc(-c2ccc(-c3ccc4cc(-c5cnc(C[C@H](NC(=O)OC)c6ccccc6)[nH]5)ccc4c3)cc2)[nH]1)OC. The van der Waals surface area contributed by atoms with E-state index in [0.29, 0.717) is 25.4 Å². The largest absolute Gasteiger partial charge is 0.483 e. The van der Waals surface area contributed by atoms with Crippen molar-refractivity contribution in [3.8, 4) is 33.6 Å². The van der Waals surface area contributed by atoms with Crippen LogP contribution < -0.4 is 10.6 Å². The van der Waals surface area contributed by atoms with E-state index in [9.17, 15) is 9.59 Å². The average molecular weight is 698 g/mol. The van der Waals surface area contributed by atoms with Crippen molar-refractivity contribution >= 4 is 22.8 Å². The number of nitrogens with zero attached hydrogens (tertiary/aromatic N) is 3. The van der Waals surface area contributed by atoms with E-state index in [1.807, 2.05) is 43.5 Å². The summed E-state index contributed by atoms with van der Waals surface area (Å²) in [5.74, 6) is 1.78. The standard InChI is InChI=1S/C41H43N7O4/c1-5-19-48(40(49)25-42-27(2)51-3)26-39-44-23-36(46-39)30-13-11-28(12-14-30)31-15-16-33-21-34(18-17-32(33)20-31)37-24-43-38(45-37)22-35(47-41(50)52-4)29-9-7-6-8-10-29/h6-18,20-21,23-24,35,42H,2,5,19,22,25-26H2,1,3-4H3,(H,43,45)(H,44,46)(H,47,50)/t35-/m0/s1. The van der Waals surface area contributed by atoms with Gasteiger partial charge in [-0.1, -0.05) is 85.8 Å². The molecule has 0 aliphatic carbocycles. The summed E-state index contributed by atoms with van der Waals surface area (Å²) < 4.78 is 9.86. The van der Waals surface area contributed by atoms with E-state index in [1.165, 1.54) is 14.2 Å². The molecule has 0 saturated carbocycles. The first-order chi connectivity index (χ1) is 25.3. The Balaban J connectivity index is 1.12. The lowest BCUT2D eigenvalue weighted by atomic mass is 9.98. The number of hydrogen-bond acceptors (Lipinski definition) is 7. The van der Waals surface area contributed by atoms with Crippen LogP contribution in [0.1, 0.15) is 36.6 Å². The van der Waals surface area contributed by atoms with Crippen LogP contribution in [0.2, 0.25) is 0 Å². The first-order valence-corrected chi connectivity index (χ1v) is 17.2. The third-order valence-electron chi connectivity index (χ3n) is 8.88. The second-order valence-electron chi connectivity index (χ2n) is 12.4. The van der Waals surface area contributed by atoms with Gasteiger partial charge in [-0.3, -0.25) is 4.79 Å². The first kappa shape index (κ1) is 35.5. The molecule has 0 radical (unpaired) electrons. The third-order valence-corrected chi connectivity index (χ3v) is 8.88. The Morgan fingerprint density at radius 3 is 2.10 bits per heavy atom. The van der Waals surface area contributed by atoms with Gasteiger partial charge in [0.25, 0.3) is 0 Å². The molecule has 6 aromatic rings. The van der Waals surface area contributed by atoms with E-state index in [0.717, 1.165) is 68.0 Å². The average Bonchev–Trinajstić information content (AvgIpc) is 3.86. The van der Waals surface area contributed by atoms with Crippen LogP contribution in [0.3, 0.4) is 0 Å². The van der Waals surface area contributed by atoms with Crippen LogP contribution in [0, 0.1) is 0 Å². The Bertz CT molecular complexity index is 2140. The number of ether oxygens (including phenoxy) is 2. The quantitative estimate of drug-likeness (QED) is 0.0823. The van der Waals surface area contributed by atoms with Gasteiger partial charge in [0.1, 0.15) is 11.6 Å². The molecule has 1 atom stereocenters. The van der Waals surface area contributed by atoms with Crippen molar-refractivity contribution in [2.45, 2.75) is 32.4 Å². The molecule has 0 fully saturated rings. The minimum atomic E-state index is -0.488. The normalized spacial score (nSPS) is 11.5. The zero-order valence-electron chi connectivity index (χ0n) is 29.6. The maximum Gasteiger partial charge on any atom is 0.407 e. The van der Waals surface area contributed by atoms with Crippen molar-refractivity contribution in [2.75, 3.05) is 27.3 Å². The van der Waals surface area contributed by atoms with Crippen LogP contribution in [0.4, 0.5) is 4.79 Å². The van der Waals surface area contributed by atoms with Crippen LogP contribution in [0.15, 0.2) is 116 Å². The molecule has 266 valence electrons. The minimum absolute atomic E-state index is 0.0523. The summed E-state index contributed by atoms with van der Waals surface area (Å²) in [4.78, 5) is 42.6. The van der Waals surface area contributed by atoms with Gasteiger partial charge in [0, 0.05) is 18.5 Å². The topological polar surface area (TPSA) is 137 Å². The fraction of sp³-hybridized carbons (Fsp3) is 0.220. The molecule has 0 saturated heterocycles. The van der Waals surface area contributed by atoms with Crippen LogP contribution >= 0.6 is 0 Å². The van der Waals surface area contributed by atoms with Crippen molar-refractivity contribution in [3.63, 3.8) is 0 Å². The van der Waals surface area contributed by atoms with Crippen LogP contribution in [-0.2, 0) is 27.2 Å². The summed E-state index contributed by atoms with van der Waals surface area (Å²) in [6, 6.07) is 30.7. The molecule has 2 aromatic heterocycles. The van der Waals surface area contributed by atoms with Gasteiger partial charge in [0.15, 0.2) is 5.88 Å². The molecule has 4 N–H and O–H groups in total. The summed E-state index contributed by atoms with van der Waals surface area (Å²) in [5.41, 5.74) is 7.01. The highest BCUT2D eigenvalue weighted by Gasteiger charge is 2.18. The highest BCUT2D eigenvalue weighted by molar-refractivity contribution is 5.90.